The standard InChI is InChI=1S/C28H30FN5O7S2/c29-22-13-20(33-14-21(41-27(33)40)7-8-30-26(38)39)5-6-23(22)32-11-9-31(10-12-32)19-3-1-18(2-4-19)15-34(16-24(35)36)17-25(37)43-28(34)42/h1-6,13,21,30H,7-12,14-17H2,(H-,35,36,38,39). The molecule has 15 heteroatoms. The number of amides is 2. The Morgan fingerprint density at radius 1 is 1.09 bits per heavy atom. The lowest BCUT2D eigenvalue weighted by Gasteiger charge is -2.37. The number of nitrogens with zero attached hydrogens (tertiary/aromatic N) is 4. The van der Waals surface area contributed by atoms with Crippen molar-refractivity contribution in [2.75, 3.05) is 67.1 Å². The number of quaternary nitrogens is 1. The molecule has 43 heavy (non-hydrogen) atoms. The highest BCUT2D eigenvalue weighted by atomic mass is 32.2. The van der Waals surface area contributed by atoms with Crippen LogP contribution in [-0.2, 0) is 20.9 Å². The molecule has 3 aliphatic rings. The summed E-state index contributed by atoms with van der Waals surface area (Å²) >= 11 is 6.31. The number of thiocarbonyl (C=S) groups is 1. The Morgan fingerprint density at radius 3 is 2.37 bits per heavy atom. The minimum absolute atomic E-state index is 0.0596. The van der Waals surface area contributed by atoms with Crippen molar-refractivity contribution in [3.63, 3.8) is 0 Å². The van der Waals surface area contributed by atoms with E-state index in [0.717, 1.165) is 23.0 Å². The number of aliphatic carboxylic acids is 1. The highest BCUT2D eigenvalue weighted by Crippen LogP contribution is 2.32. The number of anilines is 3. The molecular weight excluding hydrogens is 601 g/mol. The normalized spacial score (nSPS) is 22.2. The Hall–Kier alpha value is -3.95. The monoisotopic (exact) mass is 631 g/mol. The van der Waals surface area contributed by atoms with Gasteiger partial charge in [-0.1, -0.05) is 12.1 Å². The maximum absolute atomic E-state index is 15.2. The van der Waals surface area contributed by atoms with Crippen LogP contribution >= 0.6 is 24.0 Å². The molecule has 3 aliphatic heterocycles. The van der Waals surface area contributed by atoms with Gasteiger partial charge < -0.3 is 34.9 Å². The smallest absolute Gasteiger partial charge is 0.414 e. The quantitative estimate of drug-likeness (QED) is 0.293. The van der Waals surface area contributed by atoms with E-state index in [2.05, 4.69) is 10.2 Å². The second kappa shape index (κ2) is 12.7. The first kappa shape index (κ1) is 30.5. The average molecular weight is 632 g/mol. The number of thioether (sulfide) groups is 1. The Balaban J connectivity index is 1.16. The van der Waals surface area contributed by atoms with Crippen molar-refractivity contribution in [2.24, 2.45) is 0 Å². The molecular formula is C28H30FN5O7S2. The number of rotatable bonds is 10. The molecule has 2 unspecified atom stereocenters. The molecule has 12 nitrogen and oxygen atoms in total. The maximum atomic E-state index is 15.2. The molecule has 2 atom stereocenters. The Labute approximate surface area is 256 Å². The molecule has 228 valence electrons. The number of carboxylic acids is 1. The fourth-order valence-electron chi connectivity index (χ4n) is 5.60. The van der Waals surface area contributed by atoms with Crippen LogP contribution in [0.1, 0.15) is 12.0 Å². The van der Waals surface area contributed by atoms with E-state index in [1.165, 1.54) is 11.0 Å². The number of hydrogen-bond donors (Lipinski definition) is 2. The largest absolute Gasteiger partial charge is 0.530 e. The maximum Gasteiger partial charge on any atom is 0.414 e. The zero-order valence-electron chi connectivity index (χ0n) is 23.1. The molecule has 5 rings (SSSR count). The van der Waals surface area contributed by atoms with Gasteiger partial charge in [-0.15, -0.1) is 0 Å². The molecule has 0 spiro atoms. The minimum Gasteiger partial charge on any atom is -0.530 e. The van der Waals surface area contributed by atoms with E-state index >= 15 is 4.39 Å². The van der Waals surface area contributed by atoms with Gasteiger partial charge in [0.2, 0.25) is 4.32 Å². The third-order valence-corrected chi connectivity index (χ3v) is 9.27. The van der Waals surface area contributed by atoms with Crippen LogP contribution in [0.15, 0.2) is 42.5 Å². The molecule has 3 heterocycles. The zero-order chi connectivity index (χ0) is 30.7. The van der Waals surface area contributed by atoms with Crippen LogP contribution in [0.25, 0.3) is 0 Å². The lowest BCUT2D eigenvalue weighted by molar-refractivity contribution is -0.831. The van der Waals surface area contributed by atoms with Gasteiger partial charge in [-0.25, -0.2) is 14.0 Å². The Kier molecular flexibility index (Phi) is 9.03. The van der Waals surface area contributed by atoms with E-state index in [4.69, 9.17) is 17.0 Å². The van der Waals surface area contributed by atoms with E-state index in [-0.39, 0.29) is 42.2 Å². The second-order valence-corrected chi connectivity index (χ2v) is 12.3. The van der Waals surface area contributed by atoms with Crippen molar-refractivity contribution in [1.82, 2.24) is 5.32 Å². The summed E-state index contributed by atoms with van der Waals surface area (Å²) in [5.41, 5.74) is 2.66. The molecule has 2 aromatic carbocycles. The van der Waals surface area contributed by atoms with Crippen LogP contribution in [0.5, 0.6) is 0 Å². The Morgan fingerprint density at radius 2 is 1.77 bits per heavy atom. The summed E-state index contributed by atoms with van der Waals surface area (Å²) in [5.74, 6) is -1.47. The fourth-order valence-corrected chi connectivity index (χ4v) is 6.97. The van der Waals surface area contributed by atoms with Crippen molar-refractivity contribution in [3.05, 3.63) is 53.8 Å². The molecule has 3 saturated heterocycles. The van der Waals surface area contributed by atoms with Crippen LogP contribution in [0.3, 0.4) is 0 Å². The number of benzene rings is 2. The van der Waals surface area contributed by atoms with E-state index in [0.29, 0.717) is 48.4 Å². The predicted molar refractivity (Wildman–Crippen MR) is 159 cm³/mol. The Bertz CT molecular complexity index is 1440. The van der Waals surface area contributed by atoms with Crippen LogP contribution in [0.2, 0.25) is 0 Å². The summed E-state index contributed by atoms with van der Waals surface area (Å²) in [7, 11) is 0. The number of ether oxygens (including phenoxy) is 1. The molecule has 0 aliphatic carbocycles. The van der Waals surface area contributed by atoms with Crippen LogP contribution < -0.4 is 25.1 Å². The van der Waals surface area contributed by atoms with Gasteiger partial charge in [-0.05, 0) is 42.5 Å². The number of carbonyl (C=O) groups is 4. The zero-order valence-corrected chi connectivity index (χ0v) is 24.7. The van der Waals surface area contributed by atoms with Crippen LogP contribution in [-0.4, -0.2) is 95.6 Å². The third-order valence-electron chi connectivity index (χ3n) is 7.72. The highest BCUT2D eigenvalue weighted by Gasteiger charge is 2.46. The summed E-state index contributed by atoms with van der Waals surface area (Å²) in [6, 6.07) is 12.4. The van der Waals surface area contributed by atoms with Crippen molar-refractivity contribution >= 4 is 68.6 Å². The summed E-state index contributed by atoms with van der Waals surface area (Å²) < 4.78 is 20.8. The predicted octanol–water partition coefficient (Wildman–Crippen LogP) is 1.76. The summed E-state index contributed by atoms with van der Waals surface area (Å²) in [6.45, 7) is 2.85. The van der Waals surface area contributed by atoms with Crippen LogP contribution in [0, 0.1) is 5.82 Å². The third kappa shape index (κ3) is 7.00. The molecule has 2 aromatic rings. The van der Waals surface area contributed by atoms with E-state index in [9.17, 15) is 29.4 Å². The van der Waals surface area contributed by atoms with Crippen molar-refractivity contribution in [1.29, 1.82) is 0 Å². The topological polar surface area (TPSA) is 143 Å². The number of carboxylic acid groups (broad SMARTS) is 2. The van der Waals surface area contributed by atoms with E-state index < -0.39 is 30.1 Å². The fraction of sp³-hybridized carbons (Fsp3) is 0.393. The number of hydrogen-bond acceptors (Lipinski definition) is 10. The number of piperazine rings is 1. The first-order chi connectivity index (χ1) is 20.5. The van der Waals surface area contributed by atoms with Crippen molar-refractivity contribution in [3.8, 4) is 0 Å². The van der Waals surface area contributed by atoms with E-state index in [1.807, 2.05) is 29.2 Å². The molecule has 2 amide bonds. The number of carbonyl (C=O) groups excluding carboxylic acids is 3. The summed E-state index contributed by atoms with van der Waals surface area (Å²) in [6.07, 6.45) is -2.25. The molecule has 0 saturated carbocycles. The van der Waals surface area contributed by atoms with E-state index in [1.54, 1.807) is 12.1 Å². The summed E-state index contributed by atoms with van der Waals surface area (Å²) in [4.78, 5) is 51.8. The molecule has 0 bridgehead atoms. The van der Waals surface area contributed by atoms with Crippen LogP contribution in [0.4, 0.5) is 31.0 Å². The number of nitrogens with one attached hydrogen (secondary N) is 1. The molecule has 3 fully saturated rings. The van der Waals surface area contributed by atoms with Gasteiger partial charge in [0.25, 0.3) is 5.12 Å². The van der Waals surface area contributed by atoms with Gasteiger partial charge in [-0.3, -0.25) is 14.2 Å². The first-order valence-corrected chi connectivity index (χ1v) is 14.9. The van der Waals surface area contributed by atoms with Crippen molar-refractivity contribution in [2.45, 2.75) is 19.1 Å². The van der Waals surface area contributed by atoms with Gasteiger partial charge in [-0.2, -0.15) is 0 Å². The summed E-state index contributed by atoms with van der Waals surface area (Å²) in [5, 5.41) is 21.9. The second-order valence-electron chi connectivity index (χ2n) is 10.6. The first-order valence-electron chi connectivity index (χ1n) is 13.7. The average Bonchev–Trinajstić information content (AvgIpc) is 3.45. The van der Waals surface area contributed by atoms with Gasteiger partial charge in [0, 0.05) is 62.2 Å². The van der Waals surface area contributed by atoms with Gasteiger partial charge in [0.1, 0.15) is 24.6 Å². The molecule has 0 radical (unpaired) electrons. The lowest BCUT2D eigenvalue weighted by atomic mass is 10.1. The minimum atomic E-state index is -1.40. The SMILES string of the molecule is O=C(O)C[N+]1(Cc2ccc(N3CCN(c4ccc(N5CC(CCNC(=O)[O-])OC5=O)cc4F)CC3)cc2)CC(=O)SC1=S. The lowest BCUT2D eigenvalue weighted by Crippen LogP contribution is -2.51. The molecule has 0 aromatic heterocycles. The highest BCUT2D eigenvalue weighted by molar-refractivity contribution is 8.32. The molecule has 2 N–H and O–H groups in total. The van der Waals surface area contributed by atoms with Gasteiger partial charge >= 0.3 is 12.1 Å². The van der Waals surface area contributed by atoms with Crippen molar-refractivity contribution < 1.29 is 43.0 Å². The van der Waals surface area contributed by atoms with Gasteiger partial charge in [0.05, 0.1) is 17.9 Å². The van der Waals surface area contributed by atoms with Gasteiger partial charge in [0.15, 0.2) is 13.1 Å². The number of cyclic esters (lactones) is 1. The number of halogens is 1.